The van der Waals surface area contributed by atoms with Crippen LogP contribution in [-0.4, -0.2) is 26.4 Å². The van der Waals surface area contributed by atoms with Crippen LogP contribution >= 0.6 is 23.2 Å². The quantitative estimate of drug-likeness (QED) is 0.362. The van der Waals surface area contributed by atoms with Crippen molar-refractivity contribution in [3.63, 3.8) is 0 Å². The van der Waals surface area contributed by atoms with Crippen molar-refractivity contribution in [2.75, 3.05) is 6.54 Å². The molecule has 1 aliphatic heterocycles. The van der Waals surface area contributed by atoms with E-state index < -0.39 is 0 Å². The summed E-state index contributed by atoms with van der Waals surface area (Å²) in [6.07, 6.45) is 8.43. The monoisotopic (exact) mass is 462 g/mol. The fourth-order valence-electron chi connectivity index (χ4n) is 4.86. The average molecular weight is 463 g/mol. The lowest BCUT2D eigenvalue weighted by atomic mass is 9.74. The van der Waals surface area contributed by atoms with Gasteiger partial charge in [-0.2, -0.15) is 0 Å². The van der Waals surface area contributed by atoms with Crippen molar-refractivity contribution in [3.8, 4) is 0 Å². The number of nitrogens with zero attached hydrogens (tertiary/aromatic N) is 3. The topological polar surface area (TPSA) is 44.8 Å². The van der Waals surface area contributed by atoms with Crippen LogP contribution in [0.25, 0.3) is 0 Å². The zero-order valence-electron chi connectivity index (χ0n) is 17.5. The number of halogens is 2. The second-order valence-electron chi connectivity index (χ2n) is 8.31. The summed E-state index contributed by atoms with van der Waals surface area (Å²) >= 11 is 12.7. The van der Waals surface area contributed by atoms with Crippen molar-refractivity contribution < 1.29 is 0 Å². The van der Waals surface area contributed by atoms with Gasteiger partial charge in [0.15, 0.2) is 0 Å². The van der Waals surface area contributed by atoms with Gasteiger partial charge in [0.1, 0.15) is 5.82 Å². The minimum Gasteiger partial charge on any atom is -0.347 e. The van der Waals surface area contributed by atoms with E-state index in [2.05, 4.69) is 68.4 Å². The number of aromatic amines is 1. The zero-order chi connectivity index (χ0) is 21.9. The molecular weight excluding hydrogens is 439 g/mol. The van der Waals surface area contributed by atoms with Crippen LogP contribution in [0.5, 0.6) is 0 Å². The van der Waals surface area contributed by atoms with Crippen molar-refractivity contribution in [1.82, 2.24) is 19.9 Å². The van der Waals surface area contributed by atoms with Gasteiger partial charge in [-0.05, 0) is 53.3 Å². The third-order valence-corrected chi connectivity index (χ3v) is 7.14. The Morgan fingerprint density at radius 1 is 0.875 bits per heavy atom. The molecule has 1 aliphatic rings. The molecule has 2 aromatic carbocycles. The highest BCUT2D eigenvalue weighted by atomic mass is 35.5. The summed E-state index contributed by atoms with van der Waals surface area (Å²) in [6, 6.07) is 21.1. The van der Waals surface area contributed by atoms with Crippen molar-refractivity contribution in [2.24, 2.45) is 0 Å². The molecule has 162 valence electrons. The first kappa shape index (κ1) is 21.2. The molecule has 1 saturated heterocycles. The van der Waals surface area contributed by atoms with E-state index in [1.165, 1.54) is 16.7 Å². The molecule has 3 heterocycles. The standard InChI is InChI=1S/C26H24Cl2N4/c27-23-7-6-20(14-24(23)28)22-17-32(16-18-4-2-1-3-5-18)25(26-30-12-13-31-26)15-21(22)19-8-10-29-11-9-19/h1-14,21-22,25H,15-17H2,(H,30,31). The smallest absolute Gasteiger partial charge is 0.123 e. The lowest BCUT2D eigenvalue weighted by Gasteiger charge is -2.44. The molecule has 4 aromatic rings. The normalized spacial score (nSPS) is 21.5. The fraction of sp³-hybridized carbons (Fsp3) is 0.231. The predicted molar refractivity (Wildman–Crippen MR) is 129 cm³/mol. The molecule has 32 heavy (non-hydrogen) atoms. The van der Waals surface area contributed by atoms with Gasteiger partial charge in [-0.1, -0.05) is 59.6 Å². The van der Waals surface area contributed by atoms with Gasteiger partial charge in [-0.25, -0.2) is 4.98 Å². The number of likely N-dealkylation sites (tertiary alicyclic amines) is 1. The van der Waals surface area contributed by atoms with E-state index in [4.69, 9.17) is 23.2 Å². The fourth-order valence-corrected chi connectivity index (χ4v) is 5.16. The second kappa shape index (κ2) is 9.45. The Bertz CT molecular complexity index is 1150. The lowest BCUT2D eigenvalue weighted by Crippen LogP contribution is -2.41. The summed E-state index contributed by atoms with van der Waals surface area (Å²) in [5, 5.41) is 1.18. The van der Waals surface area contributed by atoms with Crippen LogP contribution in [0.1, 0.15) is 46.8 Å². The Morgan fingerprint density at radius 3 is 2.41 bits per heavy atom. The summed E-state index contributed by atoms with van der Waals surface area (Å²) in [4.78, 5) is 14.8. The number of nitrogens with one attached hydrogen (secondary N) is 1. The second-order valence-corrected chi connectivity index (χ2v) is 9.12. The largest absolute Gasteiger partial charge is 0.347 e. The van der Waals surface area contributed by atoms with E-state index >= 15 is 0 Å². The highest BCUT2D eigenvalue weighted by molar-refractivity contribution is 6.42. The minimum absolute atomic E-state index is 0.183. The summed E-state index contributed by atoms with van der Waals surface area (Å²) in [6.45, 7) is 1.73. The van der Waals surface area contributed by atoms with E-state index in [0.29, 0.717) is 16.0 Å². The highest BCUT2D eigenvalue weighted by Gasteiger charge is 2.39. The van der Waals surface area contributed by atoms with Gasteiger partial charge in [0, 0.05) is 43.8 Å². The Balaban J connectivity index is 1.56. The first-order valence-electron chi connectivity index (χ1n) is 10.8. The van der Waals surface area contributed by atoms with E-state index in [-0.39, 0.29) is 12.0 Å². The minimum atomic E-state index is 0.183. The number of hydrogen-bond donors (Lipinski definition) is 1. The summed E-state index contributed by atoms with van der Waals surface area (Å²) < 4.78 is 0. The molecule has 4 nitrogen and oxygen atoms in total. The molecule has 5 rings (SSSR count). The van der Waals surface area contributed by atoms with Crippen molar-refractivity contribution >= 4 is 23.2 Å². The number of pyridine rings is 1. The predicted octanol–water partition coefficient (Wildman–Crippen LogP) is 6.63. The molecule has 0 spiro atoms. The zero-order valence-corrected chi connectivity index (χ0v) is 19.0. The molecule has 6 heteroatoms. The SMILES string of the molecule is Clc1ccc(C2CN(Cc3ccccc3)C(c3ncc[nH]3)CC2c2ccncc2)cc1Cl. The summed E-state index contributed by atoms with van der Waals surface area (Å²) in [5.74, 6) is 1.58. The molecule has 1 N–H and O–H groups in total. The Hall–Kier alpha value is -2.66. The van der Waals surface area contributed by atoms with Crippen molar-refractivity contribution in [1.29, 1.82) is 0 Å². The Kier molecular flexibility index (Phi) is 6.26. The van der Waals surface area contributed by atoms with Gasteiger partial charge in [-0.15, -0.1) is 0 Å². The number of aromatic nitrogens is 3. The highest BCUT2D eigenvalue weighted by Crippen LogP contribution is 2.47. The number of imidazole rings is 1. The molecule has 3 unspecified atom stereocenters. The maximum absolute atomic E-state index is 6.43. The molecule has 2 aromatic heterocycles. The average Bonchev–Trinajstić information content (AvgIpc) is 3.37. The number of hydrogen-bond acceptors (Lipinski definition) is 3. The first-order chi connectivity index (χ1) is 15.7. The molecule has 0 radical (unpaired) electrons. The molecule has 0 aliphatic carbocycles. The molecular formula is C26H24Cl2N4. The van der Waals surface area contributed by atoms with Gasteiger partial charge in [0.05, 0.1) is 16.1 Å². The van der Waals surface area contributed by atoms with E-state index in [9.17, 15) is 0 Å². The van der Waals surface area contributed by atoms with E-state index in [0.717, 1.165) is 25.3 Å². The Morgan fingerprint density at radius 2 is 1.69 bits per heavy atom. The van der Waals surface area contributed by atoms with Crippen molar-refractivity contribution in [3.05, 3.63) is 118 Å². The van der Waals surface area contributed by atoms with E-state index in [1.807, 2.05) is 36.9 Å². The van der Waals surface area contributed by atoms with Gasteiger partial charge in [0.2, 0.25) is 0 Å². The Labute approximate surface area is 198 Å². The maximum atomic E-state index is 6.43. The van der Waals surface area contributed by atoms with Crippen LogP contribution in [0.4, 0.5) is 0 Å². The number of H-pyrrole nitrogens is 1. The summed E-state index contributed by atoms with van der Waals surface area (Å²) in [5.41, 5.74) is 3.78. The third-order valence-electron chi connectivity index (χ3n) is 6.40. The molecule has 3 atom stereocenters. The maximum Gasteiger partial charge on any atom is 0.123 e. The van der Waals surface area contributed by atoms with Crippen LogP contribution in [0, 0.1) is 0 Å². The van der Waals surface area contributed by atoms with Gasteiger partial charge in [0.25, 0.3) is 0 Å². The number of piperidine rings is 1. The third kappa shape index (κ3) is 4.44. The molecule has 0 amide bonds. The van der Waals surface area contributed by atoms with Gasteiger partial charge in [-0.3, -0.25) is 9.88 Å². The molecule has 1 fully saturated rings. The van der Waals surface area contributed by atoms with Crippen LogP contribution in [0.3, 0.4) is 0 Å². The van der Waals surface area contributed by atoms with E-state index in [1.54, 1.807) is 0 Å². The van der Waals surface area contributed by atoms with Crippen LogP contribution in [0.15, 0.2) is 85.5 Å². The van der Waals surface area contributed by atoms with Gasteiger partial charge >= 0.3 is 0 Å². The summed E-state index contributed by atoms with van der Waals surface area (Å²) in [7, 11) is 0. The van der Waals surface area contributed by atoms with Crippen LogP contribution in [0.2, 0.25) is 10.0 Å². The van der Waals surface area contributed by atoms with Gasteiger partial charge < -0.3 is 4.98 Å². The van der Waals surface area contributed by atoms with Crippen molar-refractivity contribution in [2.45, 2.75) is 30.8 Å². The van der Waals surface area contributed by atoms with Crippen LogP contribution in [-0.2, 0) is 6.54 Å². The molecule has 0 saturated carbocycles. The van der Waals surface area contributed by atoms with Crippen LogP contribution < -0.4 is 0 Å². The number of benzene rings is 2. The first-order valence-corrected chi connectivity index (χ1v) is 11.6. The lowest BCUT2D eigenvalue weighted by molar-refractivity contribution is 0.104. The molecule has 0 bridgehead atoms. The number of rotatable bonds is 5.